The summed E-state index contributed by atoms with van der Waals surface area (Å²) in [6.45, 7) is 3.83. The van der Waals surface area contributed by atoms with Crippen LogP contribution in [-0.4, -0.2) is 16.8 Å². The number of hydrogen-bond donors (Lipinski definition) is 0. The molecule has 0 spiro atoms. The maximum Gasteiger partial charge on any atom is 0.178 e. The molecule has 17 heavy (non-hydrogen) atoms. The Bertz CT molecular complexity index is 393. The highest BCUT2D eigenvalue weighted by molar-refractivity contribution is 8.00. The largest absolute Gasteiger partial charge is 0.293 e. The van der Waals surface area contributed by atoms with E-state index in [4.69, 9.17) is 0 Å². The van der Waals surface area contributed by atoms with Crippen LogP contribution in [0.5, 0.6) is 0 Å². The number of carbonyl (C=O) groups excluding carboxylic acids is 1. The van der Waals surface area contributed by atoms with E-state index in [9.17, 15) is 13.6 Å². The Morgan fingerprint density at radius 1 is 1.41 bits per heavy atom. The highest BCUT2D eigenvalue weighted by atomic mass is 32.2. The fraction of sp³-hybridized carbons (Fsp3) is 0.462. The smallest absolute Gasteiger partial charge is 0.178 e. The molecule has 0 aliphatic rings. The molecule has 1 rings (SSSR count). The maximum absolute atomic E-state index is 13.4. The summed E-state index contributed by atoms with van der Waals surface area (Å²) in [4.78, 5) is 11.9. The van der Waals surface area contributed by atoms with Gasteiger partial charge in [-0.05, 0) is 31.2 Å². The van der Waals surface area contributed by atoms with Crippen molar-refractivity contribution in [3.8, 4) is 0 Å². The molecule has 0 saturated heterocycles. The van der Waals surface area contributed by atoms with Gasteiger partial charge in [0.25, 0.3) is 0 Å². The van der Waals surface area contributed by atoms with Gasteiger partial charge in [0.05, 0.1) is 10.8 Å². The molecule has 4 heteroatoms. The first-order valence-corrected chi connectivity index (χ1v) is 6.72. The molecule has 0 saturated carbocycles. The first-order chi connectivity index (χ1) is 8.06. The monoisotopic (exact) mass is 258 g/mol. The third-order valence-electron chi connectivity index (χ3n) is 2.43. The van der Waals surface area contributed by atoms with Crippen molar-refractivity contribution < 1.29 is 13.6 Å². The SMILES string of the molecule is CCCCSC(C)C(=O)c1ccc(F)cc1F. The molecule has 0 aliphatic heterocycles. The van der Waals surface area contributed by atoms with Crippen LogP contribution in [0.25, 0.3) is 0 Å². The van der Waals surface area contributed by atoms with Crippen molar-refractivity contribution in [2.45, 2.75) is 31.9 Å². The molecule has 1 nitrogen and oxygen atoms in total. The van der Waals surface area contributed by atoms with Gasteiger partial charge in [-0.3, -0.25) is 4.79 Å². The van der Waals surface area contributed by atoms with E-state index in [-0.39, 0.29) is 16.6 Å². The Morgan fingerprint density at radius 2 is 2.12 bits per heavy atom. The zero-order valence-electron chi connectivity index (χ0n) is 10.0. The average molecular weight is 258 g/mol. The molecule has 1 unspecified atom stereocenters. The van der Waals surface area contributed by atoms with Crippen molar-refractivity contribution in [3.05, 3.63) is 35.4 Å². The summed E-state index contributed by atoms with van der Waals surface area (Å²) in [6, 6.07) is 3.07. The van der Waals surface area contributed by atoms with Gasteiger partial charge in [-0.25, -0.2) is 8.78 Å². The minimum atomic E-state index is -0.780. The molecule has 1 aromatic rings. The van der Waals surface area contributed by atoms with Crippen molar-refractivity contribution in [1.29, 1.82) is 0 Å². The molecule has 1 aromatic carbocycles. The van der Waals surface area contributed by atoms with E-state index in [1.165, 1.54) is 17.8 Å². The van der Waals surface area contributed by atoms with Gasteiger partial charge < -0.3 is 0 Å². The molecular formula is C13H16F2OS. The second-order valence-corrected chi connectivity index (χ2v) is 5.30. The van der Waals surface area contributed by atoms with Crippen LogP contribution in [0.1, 0.15) is 37.0 Å². The lowest BCUT2D eigenvalue weighted by molar-refractivity contribution is 0.0990. The lowest BCUT2D eigenvalue weighted by Gasteiger charge is -2.10. The van der Waals surface area contributed by atoms with Crippen LogP contribution in [0.2, 0.25) is 0 Å². The van der Waals surface area contributed by atoms with Crippen LogP contribution in [-0.2, 0) is 0 Å². The van der Waals surface area contributed by atoms with E-state index >= 15 is 0 Å². The minimum Gasteiger partial charge on any atom is -0.293 e. The number of hydrogen-bond acceptors (Lipinski definition) is 2. The minimum absolute atomic E-state index is 0.0251. The van der Waals surface area contributed by atoms with E-state index in [1.54, 1.807) is 6.92 Å². The lowest BCUT2D eigenvalue weighted by atomic mass is 10.1. The number of carbonyl (C=O) groups is 1. The van der Waals surface area contributed by atoms with Crippen LogP contribution in [0.3, 0.4) is 0 Å². The van der Waals surface area contributed by atoms with Gasteiger partial charge in [0.2, 0.25) is 0 Å². The molecule has 0 bridgehead atoms. The van der Waals surface area contributed by atoms with Crippen molar-refractivity contribution >= 4 is 17.5 Å². The standard InChI is InChI=1S/C13H16F2OS/c1-3-4-7-17-9(2)13(16)11-6-5-10(14)8-12(11)15/h5-6,8-9H,3-4,7H2,1-2H3. The van der Waals surface area contributed by atoms with E-state index < -0.39 is 11.6 Å². The molecule has 0 aromatic heterocycles. The quantitative estimate of drug-likeness (QED) is 0.565. The van der Waals surface area contributed by atoms with E-state index in [0.717, 1.165) is 30.7 Å². The Balaban J connectivity index is 2.68. The molecule has 0 N–H and O–H groups in total. The van der Waals surface area contributed by atoms with Crippen LogP contribution >= 0.6 is 11.8 Å². The molecule has 0 aliphatic carbocycles. The van der Waals surface area contributed by atoms with Gasteiger partial charge in [-0.15, -0.1) is 0 Å². The van der Waals surface area contributed by atoms with Crippen LogP contribution in [0.15, 0.2) is 18.2 Å². The van der Waals surface area contributed by atoms with Crippen LogP contribution in [0, 0.1) is 11.6 Å². The normalized spacial score (nSPS) is 12.5. The zero-order valence-corrected chi connectivity index (χ0v) is 10.8. The van der Waals surface area contributed by atoms with Gasteiger partial charge >= 0.3 is 0 Å². The summed E-state index contributed by atoms with van der Waals surface area (Å²) in [6.07, 6.45) is 2.10. The van der Waals surface area contributed by atoms with Gasteiger partial charge in [-0.1, -0.05) is 13.3 Å². The average Bonchev–Trinajstić information content (AvgIpc) is 2.28. The van der Waals surface area contributed by atoms with Crippen molar-refractivity contribution in [2.75, 3.05) is 5.75 Å². The topological polar surface area (TPSA) is 17.1 Å². The third kappa shape index (κ3) is 4.11. The molecule has 0 heterocycles. The molecular weight excluding hydrogens is 242 g/mol. The number of unbranched alkanes of at least 4 members (excludes halogenated alkanes) is 1. The summed E-state index contributed by atoms with van der Waals surface area (Å²) in [7, 11) is 0. The summed E-state index contributed by atoms with van der Waals surface area (Å²) < 4.78 is 26.1. The second kappa shape index (κ2) is 6.74. The first kappa shape index (κ1) is 14.2. The number of benzene rings is 1. The Kier molecular flexibility index (Phi) is 5.62. The molecule has 0 amide bonds. The number of Topliss-reactive ketones (excluding diaryl/α,β-unsaturated/α-hetero) is 1. The van der Waals surface area contributed by atoms with E-state index in [2.05, 4.69) is 6.92 Å². The Hall–Kier alpha value is -0.900. The van der Waals surface area contributed by atoms with Crippen LogP contribution < -0.4 is 0 Å². The maximum atomic E-state index is 13.4. The highest BCUT2D eigenvalue weighted by Crippen LogP contribution is 2.20. The van der Waals surface area contributed by atoms with Gasteiger partial charge in [0.1, 0.15) is 11.6 Å². The second-order valence-electron chi connectivity index (χ2n) is 3.85. The van der Waals surface area contributed by atoms with E-state index in [1.807, 2.05) is 0 Å². The Morgan fingerprint density at radius 3 is 2.71 bits per heavy atom. The van der Waals surface area contributed by atoms with Crippen molar-refractivity contribution in [2.24, 2.45) is 0 Å². The summed E-state index contributed by atoms with van der Waals surface area (Å²) in [5.41, 5.74) is -0.0251. The highest BCUT2D eigenvalue weighted by Gasteiger charge is 2.19. The fourth-order valence-electron chi connectivity index (χ4n) is 1.39. The van der Waals surface area contributed by atoms with E-state index in [0.29, 0.717) is 0 Å². The molecule has 94 valence electrons. The number of thioether (sulfide) groups is 1. The molecule has 0 fully saturated rings. The predicted octanol–water partition coefficient (Wildman–Crippen LogP) is 4.07. The number of ketones is 1. The fourth-order valence-corrected chi connectivity index (χ4v) is 2.48. The summed E-state index contributed by atoms with van der Waals surface area (Å²) in [5.74, 6) is -0.835. The van der Waals surface area contributed by atoms with Gasteiger partial charge in [-0.2, -0.15) is 11.8 Å². The third-order valence-corrected chi connectivity index (χ3v) is 3.67. The van der Waals surface area contributed by atoms with Gasteiger partial charge in [0.15, 0.2) is 5.78 Å². The van der Waals surface area contributed by atoms with Crippen molar-refractivity contribution in [3.63, 3.8) is 0 Å². The molecule has 1 atom stereocenters. The summed E-state index contributed by atoms with van der Waals surface area (Å²) in [5, 5.41) is -0.290. The number of rotatable bonds is 6. The zero-order chi connectivity index (χ0) is 12.8. The predicted molar refractivity (Wildman–Crippen MR) is 67.5 cm³/mol. The van der Waals surface area contributed by atoms with Crippen LogP contribution in [0.4, 0.5) is 8.78 Å². The number of halogens is 2. The first-order valence-electron chi connectivity index (χ1n) is 5.67. The van der Waals surface area contributed by atoms with Crippen molar-refractivity contribution in [1.82, 2.24) is 0 Å². The van der Waals surface area contributed by atoms with Gasteiger partial charge in [0, 0.05) is 6.07 Å². The molecule has 0 radical (unpaired) electrons. The summed E-state index contributed by atoms with van der Waals surface area (Å²) >= 11 is 1.51. The lowest BCUT2D eigenvalue weighted by Crippen LogP contribution is -2.16. The Labute approximate surface area is 105 Å².